The van der Waals surface area contributed by atoms with Gasteiger partial charge in [0.25, 0.3) is 0 Å². The third-order valence-electron chi connectivity index (χ3n) is 4.64. The molecule has 0 saturated heterocycles. The first-order valence-corrected chi connectivity index (χ1v) is 10.4. The van der Waals surface area contributed by atoms with Crippen LogP contribution in [-0.4, -0.2) is 18.4 Å². The van der Waals surface area contributed by atoms with Crippen LogP contribution in [-0.2, 0) is 14.3 Å². The summed E-state index contributed by atoms with van der Waals surface area (Å²) in [6.45, 7) is 6.26. The normalized spacial score (nSPS) is 12.1. The lowest BCUT2D eigenvalue weighted by Crippen LogP contribution is -2.25. The summed E-state index contributed by atoms with van der Waals surface area (Å²) in [4.78, 5) is 23.8. The third kappa shape index (κ3) is 12.5. The molecule has 0 amide bonds. The van der Waals surface area contributed by atoms with E-state index in [-0.39, 0.29) is 11.8 Å². The summed E-state index contributed by atoms with van der Waals surface area (Å²) in [5.41, 5.74) is 0. The van der Waals surface area contributed by atoms with Crippen molar-refractivity contribution in [3.05, 3.63) is 0 Å². The minimum absolute atomic E-state index is 0.0584. The standard InChI is InChI=1S/C21H40O3/c1-4-7-8-9-10-11-12-13-14-15-16-17-18-20(22)19(5-2)21(23)24-6-3/h19H,4-18H2,1-3H3. The fourth-order valence-corrected chi connectivity index (χ4v) is 3.08. The van der Waals surface area contributed by atoms with Gasteiger partial charge in [0.1, 0.15) is 11.7 Å². The Balaban J connectivity index is 3.48. The van der Waals surface area contributed by atoms with Crippen LogP contribution in [0.15, 0.2) is 0 Å². The fraction of sp³-hybridized carbons (Fsp3) is 0.905. The number of ketones is 1. The Hall–Kier alpha value is -0.860. The average molecular weight is 341 g/mol. The molecular weight excluding hydrogens is 300 g/mol. The maximum atomic E-state index is 12.1. The molecule has 142 valence electrons. The molecule has 0 rings (SSSR count). The van der Waals surface area contributed by atoms with Gasteiger partial charge in [0.15, 0.2) is 0 Å². The maximum absolute atomic E-state index is 12.1. The molecule has 0 saturated carbocycles. The van der Waals surface area contributed by atoms with Crippen molar-refractivity contribution >= 4 is 11.8 Å². The number of unbranched alkanes of at least 4 members (excludes halogenated alkanes) is 11. The molecule has 24 heavy (non-hydrogen) atoms. The lowest BCUT2D eigenvalue weighted by molar-refractivity contribution is -0.151. The van der Waals surface area contributed by atoms with Crippen LogP contribution in [0, 0.1) is 5.92 Å². The predicted molar refractivity (Wildman–Crippen MR) is 101 cm³/mol. The number of rotatable bonds is 17. The molecule has 0 spiro atoms. The minimum Gasteiger partial charge on any atom is -0.465 e. The highest BCUT2D eigenvalue weighted by Gasteiger charge is 2.24. The zero-order valence-electron chi connectivity index (χ0n) is 16.4. The van der Waals surface area contributed by atoms with Gasteiger partial charge in [-0.15, -0.1) is 0 Å². The molecule has 3 heteroatoms. The summed E-state index contributed by atoms with van der Waals surface area (Å²) in [6, 6.07) is 0. The van der Waals surface area contributed by atoms with Crippen LogP contribution in [0.3, 0.4) is 0 Å². The Morgan fingerprint density at radius 3 is 1.58 bits per heavy atom. The van der Waals surface area contributed by atoms with Crippen molar-refractivity contribution < 1.29 is 14.3 Å². The number of hydrogen-bond acceptors (Lipinski definition) is 3. The predicted octanol–water partition coefficient (Wildman–Crippen LogP) is 6.24. The smallest absolute Gasteiger partial charge is 0.316 e. The largest absolute Gasteiger partial charge is 0.465 e. The van der Waals surface area contributed by atoms with Crippen LogP contribution >= 0.6 is 0 Å². The minimum atomic E-state index is -0.544. The van der Waals surface area contributed by atoms with Crippen molar-refractivity contribution in [1.29, 1.82) is 0 Å². The highest BCUT2D eigenvalue weighted by atomic mass is 16.5. The van der Waals surface area contributed by atoms with Crippen molar-refractivity contribution in [2.75, 3.05) is 6.61 Å². The Morgan fingerprint density at radius 2 is 1.17 bits per heavy atom. The highest BCUT2D eigenvalue weighted by Crippen LogP contribution is 2.15. The first-order chi connectivity index (χ1) is 11.7. The third-order valence-corrected chi connectivity index (χ3v) is 4.64. The molecule has 1 atom stereocenters. The van der Waals surface area contributed by atoms with E-state index in [2.05, 4.69) is 6.92 Å². The molecular formula is C21H40O3. The zero-order valence-corrected chi connectivity index (χ0v) is 16.4. The molecule has 0 aromatic carbocycles. The first-order valence-electron chi connectivity index (χ1n) is 10.4. The van der Waals surface area contributed by atoms with Crippen molar-refractivity contribution in [1.82, 2.24) is 0 Å². The fourth-order valence-electron chi connectivity index (χ4n) is 3.08. The summed E-state index contributed by atoms with van der Waals surface area (Å²) < 4.78 is 4.97. The Kier molecular flexibility index (Phi) is 16.4. The molecule has 3 nitrogen and oxygen atoms in total. The summed E-state index contributed by atoms with van der Waals surface area (Å²) in [5.74, 6) is -0.829. The van der Waals surface area contributed by atoms with Crippen LogP contribution in [0.4, 0.5) is 0 Å². The molecule has 0 bridgehead atoms. The van der Waals surface area contributed by atoms with Gasteiger partial charge in [-0.2, -0.15) is 0 Å². The van der Waals surface area contributed by atoms with Crippen LogP contribution in [0.2, 0.25) is 0 Å². The molecule has 1 unspecified atom stereocenters. The van der Waals surface area contributed by atoms with E-state index >= 15 is 0 Å². The number of carbonyl (C=O) groups excluding carboxylic acids is 2. The summed E-state index contributed by atoms with van der Waals surface area (Å²) in [5, 5.41) is 0. The van der Waals surface area contributed by atoms with E-state index in [0.717, 1.165) is 12.8 Å². The molecule has 0 aromatic heterocycles. The van der Waals surface area contributed by atoms with Gasteiger partial charge in [-0.1, -0.05) is 84.5 Å². The second-order valence-electron chi connectivity index (χ2n) is 6.82. The molecule has 0 fully saturated rings. The van der Waals surface area contributed by atoms with Crippen molar-refractivity contribution in [3.63, 3.8) is 0 Å². The van der Waals surface area contributed by atoms with Gasteiger partial charge in [0.05, 0.1) is 6.61 Å². The highest BCUT2D eigenvalue weighted by molar-refractivity contribution is 5.98. The van der Waals surface area contributed by atoms with Gasteiger partial charge < -0.3 is 4.74 Å². The van der Waals surface area contributed by atoms with Crippen molar-refractivity contribution in [2.24, 2.45) is 5.92 Å². The molecule has 0 aromatic rings. The maximum Gasteiger partial charge on any atom is 0.316 e. The van der Waals surface area contributed by atoms with Crippen molar-refractivity contribution in [3.8, 4) is 0 Å². The lowest BCUT2D eigenvalue weighted by Gasteiger charge is -2.12. The number of carbonyl (C=O) groups is 2. The van der Waals surface area contributed by atoms with Gasteiger partial charge in [-0.05, 0) is 19.8 Å². The average Bonchev–Trinajstić information content (AvgIpc) is 2.56. The topological polar surface area (TPSA) is 43.4 Å². The number of ether oxygens (including phenoxy) is 1. The van der Waals surface area contributed by atoms with Gasteiger partial charge in [0.2, 0.25) is 0 Å². The lowest BCUT2D eigenvalue weighted by atomic mass is 9.96. The first kappa shape index (κ1) is 23.1. The quantitative estimate of drug-likeness (QED) is 0.179. The van der Waals surface area contributed by atoms with Crippen LogP contribution in [0.25, 0.3) is 0 Å². The van der Waals surface area contributed by atoms with Crippen LogP contribution in [0.1, 0.15) is 111 Å². The van der Waals surface area contributed by atoms with E-state index in [4.69, 9.17) is 4.74 Å². The SMILES string of the molecule is CCCCCCCCCCCCCCC(=O)C(CC)C(=O)OCC. The molecule has 0 aliphatic heterocycles. The molecule has 0 heterocycles. The van der Waals surface area contributed by atoms with E-state index < -0.39 is 5.92 Å². The Morgan fingerprint density at radius 1 is 0.708 bits per heavy atom. The monoisotopic (exact) mass is 340 g/mol. The Bertz CT molecular complexity index is 312. The summed E-state index contributed by atoms with van der Waals surface area (Å²) in [6.07, 6.45) is 16.5. The van der Waals surface area contributed by atoms with E-state index in [1.165, 1.54) is 64.2 Å². The van der Waals surface area contributed by atoms with Gasteiger partial charge in [0, 0.05) is 6.42 Å². The van der Waals surface area contributed by atoms with Gasteiger partial charge >= 0.3 is 5.97 Å². The number of Topliss-reactive ketones (excluding diaryl/α,β-unsaturated/α-hetero) is 1. The van der Waals surface area contributed by atoms with Gasteiger partial charge in [-0.3, -0.25) is 9.59 Å². The zero-order chi connectivity index (χ0) is 18.0. The number of hydrogen-bond donors (Lipinski definition) is 0. The Labute approximate surface area is 149 Å². The second kappa shape index (κ2) is 17.0. The summed E-state index contributed by atoms with van der Waals surface area (Å²) in [7, 11) is 0. The molecule has 0 radical (unpaired) electrons. The number of esters is 1. The van der Waals surface area contributed by atoms with Crippen LogP contribution in [0.5, 0.6) is 0 Å². The molecule has 0 aliphatic rings. The molecule has 0 N–H and O–H groups in total. The van der Waals surface area contributed by atoms with Gasteiger partial charge in [-0.25, -0.2) is 0 Å². The second-order valence-corrected chi connectivity index (χ2v) is 6.82. The van der Waals surface area contributed by atoms with E-state index in [1.54, 1.807) is 6.92 Å². The van der Waals surface area contributed by atoms with Crippen molar-refractivity contribution in [2.45, 2.75) is 111 Å². The van der Waals surface area contributed by atoms with E-state index in [1.807, 2.05) is 6.92 Å². The summed E-state index contributed by atoms with van der Waals surface area (Å²) >= 11 is 0. The van der Waals surface area contributed by atoms with E-state index in [9.17, 15) is 9.59 Å². The van der Waals surface area contributed by atoms with E-state index in [0.29, 0.717) is 19.4 Å². The van der Waals surface area contributed by atoms with Crippen LogP contribution < -0.4 is 0 Å². The molecule has 0 aliphatic carbocycles.